The third-order valence-electron chi connectivity index (χ3n) is 3.29. The first-order chi connectivity index (χ1) is 8.74. The van der Waals surface area contributed by atoms with Crippen LogP contribution in [0.2, 0.25) is 10.0 Å². The van der Waals surface area contributed by atoms with E-state index in [1.807, 2.05) is 18.2 Å². The third kappa shape index (κ3) is 2.21. The average Bonchev–Trinajstić information content (AvgIpc) is 2.41. The fourth-order valence-corrected chi connectivity index (χ4v) is 2.75. The molecule has 0 spiro atoms. The van der Waals surface area contributed by atoms with E-state index in [0.29, 0.717) is 5.02 Å². The second-order valence-electron chi connectivity index (χ2n) is 4.53. The number of anilines is 1. The van der Waals surface area contributed by atoms with E-state index in [1.165, 1.54) is 17.7 Å². The molecule has 0 fully saturated rings. The number of benzene rings is 2. The summed E-state index contributed by atoms with van der Waals surface area (Å²) in [5, 5.41) is 4.87. The van der Waals surface area contributed by atoms with E-state index in [-0.39, 0.29) is 0 Å². The summed E-state index contributed by atoms with van der Waals surface area (Å²) in [5.41, 5.74) is 4.69. The molecular weight excluding hydrogens is 265 g/mol. The van der Waals surface area contributed by atoms with E-state index in [9.17, 15) is 0 Å². The van der Waals surface area contributed by atoms with Gasteiger partial charge in [0.15, 0.2) is 0 Å². The number of halogens is 2. The van der Waals surface area contributed by atoms with Crippen LogP contribution < -0.4 is 5.32 Å². The molecule has 1 aliphatic heterocycles. The van der Waals surface area contributed by atoms with Gasteiger partial charge in [0.05, 0.1) is 0 Å². The van der Waals surface area contributed by atoms with Crippen molar-refractivity contribution in [2.24, 2.45) is 0 Å². The van der Waals surface area contributed by atoms with Gasteiger partial charge in [0.2, 0.25) is 0 Å². The van der Waals surface area contributed by atoms with Crippen molar-refractivity contribution in [2.45, 2.75) is 12.8 Å². The Balaban J connectivity index is 2.09. The molecule has 18 heavy (non-hydrogen) atoms. The SMILES string of the molecule is Clc1ccc(Cl)c(-c2ccc3c(c2)NCCC3)c1. The van der Waals surface area contributed by atoms with E-state index in [4.69, 9.17) is 23.2 Å². The normalized spacial score (nSPS) is 13.9. The first-order valence-electron chi connectivity index (χ1n) is 6.06. The first kappa shape index (κ1) is 11.9. The van der Waals surface area contributed by atoms with Crippen LogP contribution in [0.5, 0.6) is 0 Å². The smallest absolute Gasteiger partial charge is 0.0485 e. The van der Waals surface area contributed by atoms with Gasteiger partial charge in [0, 0.05) is 27.8 Å². The zero-order valence-corrected chi connectivity index (χ0v) is 11.4. The molecule has 3 rings (SSSR count). The number of hydrogen-bond acceptors (Lipinski definition) is 1. The highest BCUT2D eigenvalue weighted by Crippen LogP contribution is 2.34. The Hall–Kier alpha value is -1.18. The van der Waals surface area contributed by atoms with Crippen LogP contribution in [-0.2, 0) is 6.42 Å². The quantitative estimate of drug-likeness (QED) is 0.772. The van der Waals surface area contributed by atoms with Crippen LogP contribution in [0, 0.1) is 0 Å². The predicted octanol–water partition coefficient (Wildman–Crippen LogP) is 5.02. The summed E-state index contributed by atoms with van der Waals surface area (Å²) >= 11 is 12.3. The fourth-order valence-electron chi connectivity index (χ4n) is 2.35. The number of aryl methyl sites for hydroxylation is 1. The molecule has 0 bridgehead atoms. The lowest BCUT2D eigenvalue weighted by Gasteiger charge is -2.19. The van der Waals surface area contributed by atoms with E-state index >= 15 is 0 Å². The van der Waals surface area contributed by atoms with Gasteiger partial charge in [-0.05, 0) is 48.2 Å². The molecule has 0 amide bonds. The topological polar surface area (TPSA) is 12.0 Å². The van der Waals surface area contributed by atoms with Gasteiger partial charge >= 0.3 is 0 Å². The van der Waals surface area contributed by atoms with Crippen molar-refractivity contribution in [2.75, 3.05) is 11.9 Å². The molecule has 1 nitrogen and oxygen atoms in total. The third-order valence-corrected chi connectivity index (χ3v) is 3.85. The molecule has 1 heterocycles. The van der Waals surface area contributed by atoms with Gasteiger partial charge in [-0.3, -0.25) is 0 Å². The second kappa shape index (κ2) is 4.83. The number of fused-ring (bicyclic) bond motifs is 1. The summed E-state index contributed by atoms with van der Waals surface area (Å²) in [6, 6.07) is 12.0. The zero-order valence-electron chi connectivity index (χ0n) is 9.84. The summed E-state index contributed by atoms with van der Waals surface area (Å²) in [6.45, 7) is 1.04. The highest BCUT2D eigenvalue weighted by atomic mass is 35.5. The molecule has 0 unspecified atom stereocenters. The molecule has 1 N–H and O–H groups in total. The van der Waals surface area contributed by atoms with Gasteiger partial charge in [0.1, 0.15) is 0 Å². The molecule has 0 radical (unpaired) electrons. The lowest BCUT2D eigenvalue weighted by atomic mass is 9.98. The van der Waals surface area contributed by atoms with Crippen LogP contribution in [-0.4, -0.2) is 6.54 Å². The van der Waals surface area contributed by atoms with Gasteiger partial charge in [-0.25, -0.2) is 0 Å². The van der Waals surface area contributed by atoms with Crippen molar-refractivity contribution in [1.29, 1.82) is 0 Å². The van der Waals surface area contributed by atoms with Crippen LogP contribution in [0.1, 0.15) is 12.0 Å². The Labute approximate surface area is 117 Å². The Morgan fingerprint density at radius 3 is 2.78 bits per heavy atom. The maximum Gasteiger partial charge on any atom is 0.0485 e. The molecule has 92 valence electrons. The molecule has 2 aromatic carbocycles. The van der Waals surface area contributed by atoms with Gasteiger partial charge in [-0.1, -0.05) is 35.3 Å². The van der Waals surface area contributed by atoms with Crippen molar-refractivity contribution < 1.29 is 0 Å². The highest BCUT2D eigenvalue weighted by molar-refractivity contribution is 6.35. The molecule has 0 atom stereocenters. The first-order valence-corrected chi connectivity index (χ1v) is 6.82. The standard InChI is InChI=1S/C15H13Cl2N/c16-12-5-6-14(17)13(9-12)11-4-3-10-2-1-7-18-15(10)8-11/h3-6,8-9,18H,1-2,7H2. The van der Waals surface area contributed by atoms with Crippen molar-refractivity contribution >= 4 is 28.9 Å². The van der Waals surface area contributed by atoms with Crippen LogP contribution in [0.25, 0.3) is 11.1 Å². The van der Waals surface area contributed by atoms with E-state index < -0.39 is 0 Å². The van der Waals surface area contributed by atoms with Crippen LogP contribution in [0.3, 0.4) is 0 Å². The Morgan fingerprint density at radius 2 is 1.89 bits per heavy atom. The summed E-state index contributed by atoms with van der Waals surface area (Å²) in [5.74, 6) is 0. The summed E-state index contributed by atoms with van der Waals surface area (Å²) in [7, 11) is 0. The van der Waals surface area contributed by atoms with E-state index in [1.54, 1.807) is 0 Å². The number of rotatable bonds is 1. The molecule has 2 aromatic rings. The van der Waals surface area contributed by atoms with Gasteiger partial charge in [0.25, 0.3) is 0 Å². The summed E-state index contributed by atoms with van der Waals surface area (Å²) < 4.78 is 0. The lowest BCUT2D eigenvalue weighted by Crippen LogP contribution is -2.11. The van der Waals surface area contributed by atoms with Gasteiger partial charge in [-0.15, -0.1) is 0 Å². The maximum atomic E-state index is 6.23. The van der Waals surface area contributed by atoms with Crippen LogP contribution in [0.4, 0.5) is 5.69 Å². The Kier molecular flexibility index (Phi) is 3.19. The lowest BCUT2D eigenvalue weighted by molar-refractivity contribution is 0.830. The minimum atomic E-state index is 0.708. The van der Waals surface area contributed by atoms with Crippen LogP contribution >= 0.6 is 23.2 Å². The number of hydrogen-bond donors (Lipinski definition) is 1. The fraction of sp³-hybridized carbons (Fsp3) is 0.200. The Bertz CT molecular complexity index is 593. The second-order valence-corrected chi connectivity index (χ2v) is 5.37. The Morgan fingerprint density at radius 1 is 1.00 bits per heavy atom. The van der Waals surface area contributed by atoms with Gasteiger partial charge < -0.3 is 5.32 Å². The zero-order chi connectivity index (χ0) is 12.5. The molecule has 3 heteroatoms. The van der Waals surface area contributed by atoms with Crippen molar-refractivity contribution in [3.05, 3.63) is 52.0 Å². The minimum absolute atomic E-state index is 0.708. The molecule has 0 aromatic heterocycles. The molecule has 0 aliphatic carbocycles. The highest BCUT2D eigenvalue weighted by Gasteiger charge is 2.11. The van der Waals surface area contributed by atoms with E-state index in [0.717, 1.165) is 29.1 Å². The molecule has 0 saturated carbocycles. The molecular formula is C15H13Cl2N. The van der Waals surface area contributed by atoms with E-state index in [2.05, 4.69) is 23.5 Å². The predicted molar refractivity (Wildman–Crippen MR) is 78.7 cm³/mol. The summed E-state index contributed by atoms with van der Waals surface area (Å²) in [4.78, 5) is 0. The molecule has 1 aliphatic rings. The minimum Gasteiger partial charge on any atom is -0.385 e. The van der Waals surface area contributed by atoms with Crippen molar-refractivity contribution in [1.82, 2.24) is 0 Å². The van der Waals surface area contributed by atoms with Gasteiger partial charge in [-0.2, -0.15) is 0 Å². The molecule has 0 saturated heterocycles. The van der Waals surface area contributed by atoms with Crippen molar-refractivity contribution in [3.63, 3.8) is 0 Å². The van der Waals surface area contributed by atoms with Crippen molar-refractivity contribution in [3.8, 4) is 11.1 Å². The monoisotopic (exact) mass is 277 g/mol. The maximum absolute atomic E-state index is 6.23. The number of nitrogens with one attached hydrogen (secondary N) is 1. The van der Waals surface area contributed by atoms with Crippen LogP contribution in [0.15, 0.2) is 36.4 Å². The largest absolute Gasteiger partial charge is 0.385 e. The average molecular weight is 278 g/mol. The summed E-state index contributed by atoms with van der Waals surface area (Å²) in [6.07, 6.45) is 2.34.